The minimum atomic E-state index is -0.171. The highest BCUT2D eigenvalue weighted by Crippen LogP contribution is 2.20. The number of thiazole rings is 1. The smallest absolute Gasteiger partial charge is 0.250 e. The number of benzene rings is 2. The van der Waals surface area contributed by atoms with Gasteiger partial charge in [-0.2, -0.15) is 0 Å². The molecule has 0 radical (unpaired) electrons. The lowest BCUT2D eigenvalue weighted by atomic mass is 10.0. The summed E-state index contributed by atoms with van der Waals surface area (Å²) in [4.78, 5) is 19.1. The highest BCUT2D eigenvalue weighted by Gasteiger charge is 2.13. The van der Waals surface area contributed by atoms with Crippen LogP contribution in [0.4, 0.5) is 5.13 Å². The van der Waals surface area contributed by atoms with Crippen molar-refractivity contribution in [2.24, 2.45) is 0 Å². The summed E-state index contributed by atoms with van der Waals surface area (Å²) in [6, 6.07) is 14.2. The third kappa shape index (κ3) is 4.60. The van der Waals surface area contributed by atoms with E-state index in [1.807, 2.05) is 35.7 Å². The number of rotatable bonds is 5. The number of fused-ring (bicyclic) bond motifs is 1. The molecule has 0 bridgehead atoms. The molecule has 0 unspecified atom stereocenters. The summed E-state index contributed by atoms with van der Waals surface area (Å²) in [6.45, 7) is 4.18. The second-order valence-corrected chi connectivity index (χ2v) is 7.28. The number of morpholine rings is 1. The van der Waals surface area contributed by atoms with Crippen molar-refractivity contribution >= 4 is 39.2 Å². The molecular weight excluding hydrogens is 358 g/mol. The molecule has 1 N–H and O–H groups in total. The first-order chi connectivity index (χ1) is 13.3. The lowest BCUT2D eigenvalue weighted by Gasteiger charge is -2.25. The maximum atomic E-state index is 12.3. The number of carbonyl (C=O) groups is 1. The van der Waals surface area contributed by atoms with Crippen LogP contribution in [0.2, 0.25) is 0 Å². The number of carbonyl (C=O) groups excluding carboxylic acids is 1. The van der Waals surface area contributed by atoms with E-state index < -0.39 is 0 Å². The number of aromatic nitrogens is 1. The van der Waals surface area contributed by atoms with Crippen molar-refractivity contribution < 1.29 is 9.53 Å². The standard InChI is InChI=1S/C21H21N3O2S/c25-20(9-8-17-6-3-5-16-4-1-2-7-19(16)17)23-21-22-18(15-27-21)14-24-10-12-26-13-11-24/h1-9,15H,10-14H2,(H,22,23,25)/b9-8+. The van der Waals surface area contributed by atoms with Crippen LogP contribution >= 0.6 is 11.3 Å². The van der Waals surface area contributed by atoms with Gasteiger partial charge in [0.1, 0.15) is 0 Å². The zero-order chi connectivity index (χ0) is 18.5. The van der Waals surface area contributed by atoms with E-state index in [1.54, 1.807) is 6.08 Å². The van der Waals surface area contributed by atoms with Crippen molar-refractivity contribution in [3.8, 4) is 0 Å². The van der Waals surface area contributed by atoms with E-state index in [9.17, 15) is 4.79 Å². The Morgan fingerprint density at radius 3 is 2.89 bits per heavy atom. The Labute approximate surface area is 162 Å². The first-order valence-corrected chi connectivity index (χ1v) is 9.87. The fourth-order valence-corrected chi connectivity index (χ4v) is 3.84. The normalized spacial score (nSPS) is 15.4. The van der Waals surface area contributed by atoms with Crippen LogP contribution in [0.5, 0.6) is 0 Å². The Morgan fingerprint density at radius 2 is 2.00 bits per heavy atom. The van der Waals surface area contributed by atoms with E-state index in [-0.39, 0.29) is 5.91 Å². The summed E-state index contributed by atoms with van der Waals surface area (Å²) < 4.78 is 5.36. The van der Waals surface area contributed by atoms with Crippen molar-refractivity contribution in [1.82, 2.24) is 9.88 Å². The van der Waals surface area contributed by atoms with Crippen LogP contribution in [0, 0.1) is 0 Å². The zero-order valence-corrected chi connectivity index (χ0v) is 15.7. The number of hydrogen-bond acceptors (Lipinski definition) is 5. The molecule has 1 aliphatic heterocycles. The van der Waals surface area contributed by atoms with Gasteiger partial charge in [0.25, 0.3) is 0 Å². The Morgan fingerprint density at radius 1 is 1.19 bits per heavy atom. The summed E-state index contributed by atoms with van der Waals surface area (Å²) in [7, 11) is 0. The molecule has 1 amide bonds. The monoisotopic (exact) mass is 379 g/mol. The van der Waals surface area contributed by atoms with Crippen LogP contribution in [-0.2, 0) is 16.1 Å². The number of nitrogens with zero attached hydrogens (tertiary/aromatic N) is 2. The third-order valence-corrected chi connectivity index (χ3v) is 5.32. The Kier molecular flexibility index (Phi) is 5.58. The molecule has 1 saturated heterocycles. The lowest BCUT2D eigenvalue weighted by molar-refractivity contribution is -0.111. The van der Waals surface area contributed by atoms with Crippen molar-refractivity contribution in [3.05, 3.63) is 65.2 Å². The summed E-state index contributed by atoms with van der Waals surface area (Å²) >= 11 is 1.46. The van der Waals surface area contributed by atoms with Crippen molar-refractivity contribution in [2.45, 2.75) is 6.54 Å². The number of anilines is 1. The van der Waals surface area contributed by atoms with Crippen molar-refractivity contribution in [2.75, 3.05) is 31.6 Å². The minimum Gasteiger partial charge on any atom is -0.379 e. The van der Waals surface area contributed by atoms with Gasteiger partial charge in [0.05, 0.1) is 18.9 Å². The van der Waals surface area contributed by atoms with E-state index in [2.05, 4.69) is 33.4 Å². The first kappa shape index (κ1) is 17.9. The Bertz CT molecular complexity index is 955. The van der Waals surface area contributed by atoms with Crippen LogP contribution in [0.15, 0.2) is 53.9 Å². The van der Waals surface area contributed by atoms with E-state index in [0.29, 0.717) is 5.13 Å². The predicted octanol–water partition coefficient (Wildman–Crippen LogP) is 3.78. The Balaban J connectivity index is 1.38. The average Bonchev–Trinajstić information content (AvgIpc) is 3.13. The second kappa shape index (κ2) is 8.43. The third-order valence-electron chi connectivity index (χ3n) is 4.51. The van der Waals surface area contributed by atoms with Gasteiger partial charge in [0.2, 0.25) is 5.91 Å². The van der Waals surface area contributed by atoms with Gasteiger partial charge in [-0.1, -0.05) is 42.5 Å². The molecule has 3 aromatic rings. The molecule has 4 rings (SSSR count). The van der Waals surface area contributed by atoms with Crippen LogP contribution < -0.4 is 5.32 Å². The molecule has 6 heteroatoms. The summed E-state index contributed by atoms with van der Waals surface area (Å²) in [5, 5.41) is 7.78. The lowest BCUT2D eigenvalue weighted by Crippen LogP contribution is -2.35. The maximum Gasteiger partial charge on any atom is 0.250 e. The number of ether oxygens (including phenoxy) is 1. The van der Waals surface area contributed by atoms with Crippen molar-refractivity contribution in [3.63, 3.8) is 0 Å². The van der Waals surface area contributed by atoms with E-state index in [1.165, 1.54) is 11.3 Å². The molecule has 5 nitrogen and oxygen atoms in total. The van der Waals surface area contributed by atoms with Gasteiger partial charge in [-0.15, -0.1) is 11.3 Å². The van der Waals surface area contributed by atoms with Crippen LogP contribution in [0.3, 0.4) is 0 Å². The van der Waals surface area contributed by atoms with Crippen LogP contribution in [0.1, 0.15) is 11.3 Å². The topological polar surface area (TPSA) is 54.5 Å². The van der Waals surface area contributed by atoms with E-state index in [0.717, 1.165) is 54.9 Å². The van der Waals surface area contributed by atoms with Gasteiger partial charge < -0.3 is 4.74 Å². The highest BCUT2D eigenvalue weighted by atomic mass is 32.1. The molecule has 27 heavy (non-hydrogen) atoms. The molecule has 1 fully saturated rings. The Hall–Kier alpha value is -2.54. The molecule has 0 atom stereocenters. The minimum absolute atomic E-state index is 0.171. The molecule has 2 heterocycles. The van der Waals surface area contributed by atoms with Gasteiger partial charge in [-0.05, 0) is 22.4 Å². The van der Waals surface area contributed by atoms with Gasteiger partial charge >= 0.3 is 0 Å². The van der Waals surface area contributed by atoms with E-state index in [4.69, 9.17) is 4.74 Å². The largest absolute Gasteiger partial charge is 0.379 e. The van der Waals surface area contributed by atoms with Crippen LogP contribution in [-0.4, -0.2) is 42.1 Å². The van der Waals surface area contributed by atoms with Crippen LogP contribution in [0.25, 0.3) is 16.8 Å². The number of nitrogens with one attached hydrogen (secondary N) is 1. The molecule has 138 valence electrons. The average molecular weight is 379 g/mol. The predicted molar refractivity (Wildman–Crippen MR) is 110 cm³/mol. The molecule has 0 saturated carbocycles. The summed E-state index contributed by atoms with van der Waals surface area (Å²) in [6.07, 6.45) is 3.41. The maximum absolute atomic E-state index is 12.3. The molecule has 1 aromatic heterocycles. The fraction of sp³-hybridized carbons (Fsp3) is 0.238. The van der Waals surface area contributed by atoms with Gasteiger partial charge in [0, 0.05) is 31.1 Å². The molecule has 0 spiro atoms. The summed E-state index contributed by atoms with van der Waals surface area (Å²) in [5.41, 5.74) is 2.01. The summed E-state index contributed by atoms with van der Waals surface area (Å²) in [5.74, 6) is -0.171. The van der Waals surface area contributed by atoms with Gasteiger partial charge in [0.15, 0.2) is 5.13 Å². The molecular formula is C21H21N3O2S. The molecule has 2 aromatic carbocycles. The SMILES string of the molecule is O=C(/C=C/c1cccc2ccccc12)Nc1nc(CN2CCOCC2)cs1. The van der Waals surface area contributed by atoms with Crippen molar-refractivity contribution in [1.29, 1.82) is 0 Å². The zero-order valence-electron chi connectivity index (χ0n) is 14.9. The van der Waals surface area contributed by atoms with Gasteiger partial charge in [-0.3, -0.25) is 15.0 Å². The quantitative estimate of drug-likeness (QED) is 0.686. The fourth-order valence-electron chi connectivity index (χ4n) is 3.13. The first-order valence-electron chi connectivity index (χ1n) is 8.99. The second-order valence-electron chi connectivity index (χ2n) is 6.42. The molecule has 0 aliphatic carbocycles. The molecule has 1 aliphatic rings. The number of amides is 1. The van der Waals surface area contributed by atoms with Gasteiger partial charge in [-0.25, -0.2) is 4.98 Å². The number of hydrogen-bond donors (Lipinski definition) is 1. The van der Waals surface area contributed by atoms with E-state index >= 15 is 0 Å². The highest BCUT2D eigenvalue weighted by molar-refractivity contribution is 7.13.